The van der Waals surface area contributed by atoms with Crippen molar-refractivity contribution in [3.8, 4) is 23.3 Å². The van der Waals surface area contributed by atoms with Crippen molar-refractivity contribution < 1.29 is 14.3 Å². The third kappa shape index (κ3) is 4.52. The summed E-state index contributed by atoms with van der Waals surface area (Å²) in [4.78, 5) is 16.3. The van der Waals surface area contributed by atoms with Gasteiger partial charge in [-0.3, -0.25) is 9.78 Å². The van der Waals surface area contributed by atoms with Crippen LogP contribution in [0.3, 0.4) is 0 Å². The van der Waals surface area contributed by atoms with E-state index in [9.17, 15) is 4.79 Å². The Morgan fingerprint density at radius 1 is 1.08 bits per heavy atom. The summed E-state index contributed by atoms with van der Waals surface area (Å²) in [6.07, 6.45) is 1.75. The van der Waals surface area contributed by atoms with E-state index >= 15 is 0 Å². The van der Waals surface area contributed by atoms with Crippen molar-refractivity contribution in [2.24, 2.45) is 0 Å². The maximum absolute atomic E-state index is 12.0. The van der Waals surface area contributed by atoms with E-state index in [0.29, 0.717) is 17.1 Å². The van der Waals surface area contributed by atoms with Crippen LogP contribution in [0.1, 0.15) is 10.4 Å². The van der Waals surface area contributed by atoms with E-state index in [1.165, 1.54) is 0 Å². The van der Waals surface area contributed by atoms with Crippen molar-refractivity contribution in [2.45, 2.75) is 0 Å². The molecule has 1 N–H and O–H groups in total. The highest BCUT2D eigenvalue weighted by Gasteiger charge is 2.03. The molecule has 130 valence electrons. The first-order chi connectivity index (χ1) is 12.8. The van der Waals surface area contributed by atoms with Crippen LogP contribution in [0, 0.1) is 11.8 Å². The molecule has 0 unspecified atom stereocenters. The SMILES string of the molecule is COc1ccc(C(=O)NCC#CCOc2ccc3cccnc3c2)cc1. The first kappa shape index (κ1) is 17.3. The lowest BCUT2D eigenvalue weighted by atomic mass is 10.2. The maximum Gasteiger partial charge on any atom is 0.252 e. The Bertz CT molecular complexity index is 956. The third-order valence-electron chi connectivity index (χ3n) is 3.70. The molecule has 26 heavy (non-hydrogen) atoms. The average molecular weight is 346 g/mol. The lowest BCUT2D eigenvalue weighted by Gasteiger charge is -2.04. The molecule has 0 bridgehead atoms. The third-order valence-corrected chi connectivity index (χ3v) is 3.70. The number of ether oxygens (including phenoxy) is 2. The Hall–Kier alpha value is -3.52. The molecule has 0 fully saturated rings. The Kier molecular flexibility index (Phi) is 5.69. The van der Waals surface area contributed by atoms with Crippen molar-refractivity contribution in [3.05, 3.63) is 66.4 Å². The lowest BCUT2D eigenvalue weighted by Crippen LogP contribution is -2.23. The number of carbonyl (C=O) groups excluding carboxylic acids is 1. The van der Waals surface area contributed by atoms with Crippen molar-refractivity contribution in [2.75, 3.05) is 20.3 Å². The van der Waals surface area contributed by atoms with E-state index in [1.54, 1.807) is 37.6 Å². The normalized spacial score (nSPS) is 9.88. The van der Waals surface area contributed by atoms with Crippen LogP contribution in [0.25, 0.3) is 10.9 Å². The standard InChI is InChI=1S/C21H18N2O3/c1-25-18-9-7-17(8-10-18)21(24)23-12-2-3-14-26-19-11-6-16-5-4-13-22-20(16)15-19/h4-11,13,15H,12,14H2,1H3,(H,23,24). The van der Waals surface area contributed by atoms with Gasteiger partial charge in [-0.05, 0) is 42.5 Å². The summed E-state index contributed by atoms with van der Waals surface area (Å²) in [5.41, 5.74) is 1.44. The molecule has 0 aliphatic heterocycles. The topological polar surface area (TPSA) is 60.5 Å². The van der Waals surface area contributed by atoms with Crippen LogP contribution >= 0.6 is 0 Å². The summed E-state index contributed by atoms with van der Waals surface area (Å²) in [7, 11) is 1.58. The molecule has 0 spiro atoms. The summed E-state index contributed by atoms with van der Waals surface area (Å²) in [6.45, 7) is 0.504. The highest BCUT2D eigenvalue weighted by molar-refractivity contribution is 5.94. The average Bonchev–Trinajstić information content (AvgIpc) is 2.70. The first-order valence-corrected chi connectivity index (χ1v) is 8.12. The molecule has 2 aromatic carbocycles. The van der Waals surface area contributed by atoms with Crippen LogP contribution < -0.4 is 14.8 Å². The number of amides is 1. The smallest absolute Gasteiger partial charge is 0.252 e. The minimum atomic E-state index is -0.177. The van der Waals surface area contributed by atoms with Crippen LogP contribution in [-0.2, 0) is 0 Å². The van der Waals surface area contributed by atoms with E-state index in [0.717, 1.165) is 10.9 Å². The Morgan fingerprint density at radius 3 is 2.69 bits per heavy atom. The second-order valence-electron chi connectivity index (χ2n) is 5.41. The van der Waals surface area contributed by atoms with Gasteiger partial charge in [-0.25, -0.2) is 0 Å². The summed E-state index contributed by atoms with van der Waals surface area (Å²) in [5.74, 6) is 7.00. The highest BCUT2D eigenvalue weighted by Crippen LogP contribution is 2.18. The number of rotatable bonds is 5. The fourth-order valence-electron chi connectivity index (χ4n) is 2.34. The number of hydrogen-bond donors (Lipinski definition) is 1. The van der Waals surface area contributed by atoms with Gasteiger partial charge in [0.2, 0.25) is 0 Å². The molecule has 0 aliphatic rings. The minimum Gasteiger partial charge on any atom is -0.497 e. The molecule has 0 aliphatic carbocycles. The van der Waals surface area contributed by atoms with Crippen LogP contribution in [0.5, 0.6) is 11.5 Å². The van der Waals surface area contributed by atoms with E-state index in [1.807, 2.05) is 30.3 Å². The van der Waals surface area contributed by atoms with Crippen LogP contribution in [0.2, 0.25) is 0 Å². The largest absolute Gasteiger partial charge is 0.497 e. The molecular formula is C21H18N2O3. The summed E-state index contributed by atoms with van der Waals surface area (Å²) >= 11 is 0. The fourth-order valence-corrected chi connectivity index (χ4v) is 2.34. The molecule has 1 amide bonds. The monoisotopic (exact) mass is 346 g/mol. The number of nitrogens with zero attached hydrogens (tertiary/aromatic N) is 1. The van der Waals surface area contributed by atoms with Crippen LogP contribution in [-0.4, -0.2) is 31.2 Å². The number of benzene rings is 2. The van der Waals surface area contributed by atoms with Gasteiger partial charge in [0.05, 0.1) is 19.2 Å². The number of methoxy groups -OCH3 is 1. The van der Waals surface area contributed by atoms with Gasteiger partial charge in [0.15, 0.2) is 0 Å². The summed E-state index contributed by atoms with van der Waals surface area (Å²) in [6, 6.07) is 16.5. The number of carbonyl (C=O) groups is 1. The first-order valence-electron chi connectivity index (χ1n) is 8.12. The van der Waals surface area contributed by atoms with Crippen molar-refractivity contribution in [1.82, 2.24) is 10.3 Å². The van der Waals surface area contributed by atoms with Gasteiger partial charge in [-0.1, -0.05) is 17.9 Å². The van der Waals surface area contributed by atoms with E-state index in [4.69, 9.17) is 9.47 Å². The molecule has 3 aromatic rings. The molecule has 0 radical (unpaired) electrons. The zero-order chi connectivity index (χ0) is 18.2. The van der Waals surface area contributed by atoms with Gasteiger partial charge in [-0.2, -0.15) is 0 Å². The molecule has 1 heterocycles. The molecule has 0 saturated heterocycles. The zero-order valence-electron chi connectivity index (χ0n) is 14.4. The zero-order valence-corrected chi connectivity index (χ0v) is 14.4. The van der Waals surface area contributed by atoms with E-state index in [2.05, 4.69) is 22.1 Å². The molecule has 0 atom stereocenters. The number of hydrogen-bond acceptors (Lipinski definition) is 4. The number of nitrogens with one attached hydrogen (secondary N) is 1. The molecule has 1 aromatic heterocycles. The van der Waals surface area contributed by atoms with Crippen molar-refractivity contribution in [3.63, 3.8) is 0 Å². The predicted molar refractivity (Wildman–Crippen MR) is 100 cm³/mol. The van der Waals surface area contributed by atoms with Crippen molar-refractivity contribution in [1.29, 1.82) is 0 Å². The second-order valence-corrected chi connectivity index (χ2v) is 5.41. The van der Waals surface area contributed by atoms with Gasteiger partial charge >= 0.3 is 0 Å². The Morgan fingerprint density at radius 2 is 1.88 bits per heavy atom. The number of pyridine rings is 1. The minimum absolute atomic E-state index is 0.177. The molecular weight excluding hydrogens is 328 g/mol. The van der Waals surface area contributed by atoms with Crippen molar-refractivity contribution >= 4 is 16.8 Å². The quantitative estimate of drug-likeness (QED) is 0.722. The van der Waals surface area contributed by atoms with Crippen LogP contribution in [0.4, 0.5) is 0 Å². The molecule has 5 nitrogen and oxygen atoms in total. The van der Waals surface area contributed by atoms with Gasteiger partial charge in [0, 0.05) is 23.2 Å². The predicted octanol–water partition coefficient (Wildman–Crippen LogP) is 3.06. The van der Waals surface area contributed by atoms with Gasteiger partial charge in [0.25, 0.3) is 5.91 Å². The fraction of sp³-hybridized carbons (Fsp3) is 0.143. The molecule has 0 saturated carbocycles. The molecule has 5 heteroatoms. The Balaban J connectivity index is 1.45. The van der Waals surface area contributed by atoms with E-state index in [-0.39, 0.29) is 19.1 Å². The van der Waals surface area contributed by atoms with Gasteiger partial charge in [0.1, 0.15) is 18.1 Å². The number of aromatic nitrogens is 1. The van der Waals surface area contributed by atoms with E-state index < -0.39 is 0 Å². The highest BCUT2D eigenvalue weighted by atomic mass is 16.5. The van der Waals surface area contributed by atoms with Gasteiger partial charge in [-0.15, -0.1) is 0 Å². The Labute approximate surface area is 152 Å². The lowest BCUT2D eigenvalue weighted by molar-refractivity contribution is 0.0958. The summed E-state index contributed by atoms with van der Waals surface area (Å²) in [5, 5.41) is 3.80. The maximum atomic E-state index is 12.0. The molecule has 3 rings (SSSR count). The van der Waals surface area contributed by atoms with Crippen LogP contribution in [0.15, 0.2) is 60.8 Å². The second kappa shape index (κ2) is 8.54. The summed E-state index contributed by atoms with van der Waals surface area (Å²) < 4.78 is 10.7. The number of fused-ring (bicyclic) bond motifs is 1. The van der Waals surface area contributed by atoms with Gasteiger partial charge < -0.3 is 14.8 Å².